The molecular formula is C22H25ClN2O3S. The van der Waals surface area contributed by atoms with Crippen LogP contribution in [-0.2, 0) is 9.84 Å². The minimum absolute atomic E-state index is 0.108. The molecule has 1 saturated carbocycles. The molecule has 7 heteroatoms. The molecule has 2 aromatic rings. The molecule has 1 amide bonds. The molecule has 5 nitrogen and oxygen atoms in total. The molecule has 1 heterocycles. The Morgan fingerprint density at radius 3 is 2.41 bits per heavy atom. The van der Waals surface area contributed by atoms with Crippen molar-refractivity contribution in [1.29, 1.82) is 0 Å². The van der Waals surface area contributed by atoms with E-state index in [1.54, 1.807) is 24.3 Å². The molecule has 1 saturated heterocycles. The Kier molecular flexibility index (Phi) is 5.69. The van der Waals surface area contributed by atoms with E-state index in [9.17, 15) is 13.2 Å². The van der Waals surface area contributed by atoms with Crippen molar-refractivity contribution in [2.45, 2.75) is 43.2 Å². The number of amides is 1. The summed E-state index contributed by atoms with van der Waals surface area (Å²) in [6.07, 6.45) is 2.94. The van der Waals surface area contributed by atoms with Crippen LogP contribution in [0.25, 0.3) is 0 Å². The van der Waals surface area contributed by atoms with E-state index in [-0.39, 0.29) is 23.7 Å². The zero-order chi connectivity index (χ0) is 20.6. The Bertz CT molecular complexity index is 1010. The first-order chi connectivity index (χ1) is 13.8. The Morgan fingerprint density at radius 1 is 1.17 bits per heavy atom. The fourth-order valence-electron chi connectivity index (χ4n) is 3.61. The van der Waals surface area contributed by atoms with Crippen LogP contribution in [0.15, 0.2) is 47.4 Å². The van der Waals surface area contributed by atoms with E-state index in [4.69, 9.17) is 11.6 Å². The van der Waals surface area contributed by atoms with Crippen molar-refractivity contribution in [1.82, 2.24) is 10.6 Å². The third-order valence-corrected chi connectivity index (χ3v) is 7.88. The summed E-state index contributed by atoms with van der Waals surface area (Å²) in [5.74, 6) is 0.298. The van der Waals surface area contributed by atoms with Crippen molar-refractivity contribution in [3.05, 3.63) is 64.2 Å². The predicted octanol–water partition coefficient (Wildman–Crippen LogP) is 3.67. The maximum absolute atomic E-state index is 12.8. The molecule has 4 rings (SSSR count). The van der Waals surface area contributed by atoms with E-state index in [0.29, 0.717) is 21.4 Å². The van der Waals surface area contributed by atoms with Crippen LogP contribution in [-0.4, -0.2) is 32.7 Å². The van der Waals surface area contributed by atoms with Gasteiger partial charge in [0.25, 0.3) is 5.91 Å². The predicted molar refractivity (Wildman–Crippen MR) is 114 cm³/mol. The Labute approximate surface area is 176 Å². The topological polar surface area (TPSA) is 75.3 Å². The minimum Gasteiger partial charge on any atom is -0.344 e. The van der Waals surface area contributed by atoms with Gasteiger partial charge >= 0.3 is 0 Å². The molecule has 0 bridgehead atoms. The molecule has 2 aliphatic rings. The highest BCUT2D eigenvalue weighted by Crippen LogP contribution is 2.33. The van der Waals surface area contributed by atoms with Crippen molar-refractivity contribution >= 4 is 27.3 Å². The maximum Gasteiger partial charge on any atom is 0.253 e. The van der Waals surface area contributed by atoms with E-state index in [1.165, 1.54) is 0 Å². The molecule has 2 N–H and O–H groups in total. The molecule has 29 heavy (non-hydrogen) atoms. The largest absolute Gasteiger partial charge is 0.344 e. The normalized spacial score (nSPS) is 20.0. The van der Waals surface area contributed by atoms with E-state index in [1.807, 2.05) is 25.1 Å². The fraction of sp³-hybridized carbons (Fsp3) is 0.409. The summed E-state index contributed by atoms with van der Waals surface area (Å²) in [4.78, 5) is 13.2. The number of aryl methyl sites for hydroxylation is 1. The summed E-state index contributed by atoms with van der Waals surface area (Å²) in [6, 6.07) is 12.1. The van der Waals surface area contributed by atoms with E-state index in [2.05, 4.69) is 10.6 Å². The SMILES string of the molecule is Cc1ccc(C(=O)NC(c2ccc(S(=O)(=O)CC3CC3)cc2)C2CCN2)c(Cl)c1. The Morgan fingerprint density at radius 2 is 1.86 bits per heavy atom. The molecule has 2 unspecified atom stereocenters. The molecule has 1 aliphatic heterocycles. The van der Waals surface area contributed by atoms with Gasteiger partial charge < -0.3 is 10.6 Å². The van der Waals surface area contributed by atoms with Gasteiger partial charge in [0.1, 0.15) is 0 Å². The number of halogens is 1. The molecule has 154 valence electrons. The lowest BCUT2D eigenvalue weighted by atomic mass is 9.92. The van der Waals surface area contributed by atoms with Crippen molar-refractivity contribution in [2.75, 3.05) is 12.3 Å². The van der Waals surface area contributed by atoms with Gasteiger partial charge in [0.15, 0.2) is 9.84 Å². The van der Waals surface area contributed by atoms with E-state index < -0.39 is 9.84 Å². The van der Waals surface area contributed by atoms with Gasteiger partial charge in [-0.1, -0.05) is 29.8 Å². The Balaban J connectivity index is 1.54. The summed E-state index contributed by atoms with van der Waals surface area (Å²) in [5, 5.41) is 6.84. The zero-order valence-electron chi connectivity index (χ0n) is 16.3. The molecule has 2 atom stereocenters. The highest BCUT2D eigenvalue weighted by atomic mass is 35.5. The van der Waals surface area contributed by atoms with Gasteiger partial charge in [0.05, 0.1) is 27.3 Å². The van der Waals surface area contributed by atoms with Crippen LogP contribution in [0.1, 0.15) is 46.8 Å². The smallest absolute Gasteiger partial charge is 0.253 e. The Hall–Kier alpha value is -1.89. The number of nitrogens with one attached hydrogen (secondary N) is 2. The lowest BCUT2D eigenvalue weighted by molar-refractivity contribution is 0.0917. The summed E-state index contributed by atoms with van der Waals surface area (Å²) in [7, 11) is -3.25. The second-order valence-electron chi connectivity index (χ2n) is 8.08. The van der Waals surface area contributed by atoms with Crippen LogP contribution in [0.2, 0.25) is 5.02 Å². The quantitative estimate of drug-likeness (QED) is 0.700. The summed E-state index contributed by atoms with van der Waals surface area (Å²) >= 11 is 6.26. The van der Waals surface area contributed by atoms with Gasteiger partial charge in [-0.25, -0.2) is 8.42 Å². The van der Waals surface area contributed by atoms with Crippen LogP contribution in [0.3, 0.4) is 0 Å². The maximum atomic E-state index is 12.8. The molecule has 2 fully saturated rings. The van der Waals surface area contributed by atoms with Crippen LogP contribution in [0, 0.1) is 12.8 Å². The van der Waals surface area contributed by atoms with Crippen LogP contribution in [0.4, 0.5) is 0 Å². The standard InChI is InChI=1S/C22H25ClN2O3S/c1-14-2-9-18(19(23)12-14)22(26)25-21(20-10-11-24-20)16-5-7-17(8-6-16)29(27,28)13-15-3-4-15/h2,5-9,12,15,20-21,24H,3-4,10-11,13H2,1H3,(H,25,26). The third-order valence-electron chi connectivity index (χ3n) is 5.67. The average molecular weight is 433 g/mol. The first-order valence-corrected chi connectivity index (χ1v) is 12.0. The van der Waals surface area contributed by atoms with Crippen molar-refractivity contribution < 1.29 is 13.2 Å². The molecule has 0 spiro atoms. The summed E-state index contributed by atoms with van der Waals surface area (Å²) < 4.78 is 25.0. The third kappa shape index (κ3) is 4.65. The van der Waals surface area contributed by atoms with Crippen molar-refractivity contribution in [2.24, 2.45) is 5.92 Å². The van der Waals surface area contributed by atoms with E-state index >= 15 is 0 Å². The molecule has 1 aliphatic carbocycles. The van der Waals surface area contributed by atoms with Crippen molar-refractivity contribution in [3.63, 3.8) is 0 Å². The summed E-state index contributed by atoms with van der Waals surface area (Å²) in [5.41, 5.74) is 2.31. The van der Waals surface area contributed by atoms with E-state index in [0.717, 1.165) is 36.9 Å². The molecule has 2 aromatic carbocycles. The highest BCUT2D eigenvalue weighted by molar-refractivity contribution is 7.91. The van der Waals surface area contributed by atoms with Gasteiger partial charge in [-0.3, -0.25) is 4.79 Å². The summed E-state index contributed by atoms with van der Waals surface area (Å²) in [6.45, 7) is 2.82. The van der Waals surface area contributed by atoms with Gasteiger partial charge in [0, 0.05) is 6.04 Å². The second-order valence-corrected chi connectivity index (χ2v) is 10.5. The molecule has 0 radical (unpaired) electrons. The molecular weight excluding hydrogens is 408 g/mol. The lowest BCUT2D eigenvalue weighted by Gasteiger charge is -2.36. The van der Waals surface area contributed by atoms with Gasteiger partial charge in [-0.05, 0) is 74.0 Å². The van der Waals surface area contributed by atoms with Crippen LogP contribution in [0.5, 0.6) is 0 Å². The first-order valence-electron chi connectivity index (χ1n) is 9.96. The monoisotopic (exact) mass is 432 g/mol. The number of hydrogen-bond acceptors (Lipinski definition) is 4. The molecule has 0 aromatic heterocycles. The van der Waals surface area contributed by atoms with Gasteiger partial charge in [0.2, 0.25) is 0 Å². The van der Waals surface area contributed by atoms with Gasteiger partial charge in [-0.15, -0.1) is 0 Å². The number of hydrogen-bond donors (Lipinski definition) is 2. The highest BCUT2D eigenvalue weighted by Gasteiger charge is 2.31. The zero-order valence-corrected chi connectivity index (χ0v) is 17.9. The average Bonchev–Trinajstić information content (AvgIpc) is 3.43. The second kappa shape index (κ2) is 8.09. The fourth-order valence-corrected chi connectivity index (χ4v) is 5.63. The number of carbonyl (C=O) groups excluding carboxylic acids is 1. The van der Waals surface area contributed by atoms with Gasteiger partial charge in [-0.2, -0.15) is 0 Å². The van der Waals surface area contributed by atoms with Crippen molar-refractivity contribution in [3.8, 4) is 0 Å². The minimum atomic E-state index is -3.25. The van der Waals surface area contributed by atoms with Crippen LogP contribution >= 0.6 is 11.6 Å². The lowest BCUT2D eigenvalue weighted by Crippen LogP contribution is -2.52. The first kappa shape index (κ1) is 20.4. The number of benzene rings is 2. The number of rotatable bonds is 7. The number of carbonyl (C=O) groups is 1. The van der Waals surface area contributed by atoms with Crippen LogP contribution < -0.4 is 10.6 Å². The number of sulfone groups is 1.